The standard InChI is InChI=1S/C28H32N6O8S3/c1-39-19-7-5-17(13-21(19)41-3)15-23(35)29-27-33-31-25(43-27)9-11-45(37,38)12-10-26-32-34-28(44-26)30-24(36)16-18-6-8-20(40-2)22(14-18)42-4/h5-8,13-14H,9-12,15-16H2,1-4H3,(H,29,33,35)(H,30,34,36). The second kappa shape index (κ2) is 15.6. The number of anilines is 2. The van der Waals surface area contributed by atoms with E-state index in [9.17, 15) is 18.0 Å². The molecular weight excluding hydrogens is 645 g/mol. The van der Waals surface area contributed by atoms with Gasteiger partial charge in [-0.25, -0.2) is 8.42 Å². The highest BCUT2D eigenvalue weighted by Crippen LogP contribution is 2.29. The van der Waals surface area contributed by atoms with Crippen molar-refractivity contribution in [3.05, 3.63) is 57.5 Å². The van der Waals surface area contributed by atoms with Gasteiger partial charge in [0.05, 0.1) is 52.8 Å². The molecule has 0 spiro atoms. The Morgan fingerprint density at radius 3 is 1.42 bits per heavy atom. The lowest BCUT2D eigenvalue weighted by molar-refractivity contribution is -0.116. The van der Waals surface area contributed by atoms with Gasteiger partial charge in [-0.3, -0.25) is 9.59 Å². The number of hydrogen-bond acceptors (Lipinski definition) is 14. The maximum absolute atomic E-state index is 12.7. The molecule has 17 heteroatoms. The lowest BCUT2D eigenvalue weighted by Gasteiger charge is -2.09. The van der Waals surface area contributed by atoms with Crippen LogP contribution in [0.5, 0.6) is 23.0 Å². The number of ether oxygens (including phenoxy) is 4. The lowest BCUT2D eigenvalue weighted by Crippen LogP contribution is -2.14. The maximum atomic E-state index is 12.7. The van der Waals surface area contributed by atoms with Crippen molar-refractivity contribution in [2.75, 3.05) is 50.6 Å². The van der Waals surface area contributed by atoms with Crippen LogP contribution in [0.3, 0.4) is 0 Å². The van der Waals surface area contributed by atoms with Crippen LogP contribution in [0.25, 0.3) is 0 Å². The molecule has 240 valence electrons. The number of methoxy groups -OCH3 is 4. The van der Waals surface area contributed by atoms with E-state index in [0.717, 1.165) is 33.8 Å². The monoisotopic (exact) mass is 676 g/mol. The van der Waals surface area contributed by atoms with Gasteiger partial charge in [-0.2, -0.15) is 0 Å². The minimum Gasteiger partial charge on any atom is -0.493 e. The van der Waals surface area contributed by atoms with E-state index in [-0.39, 0.29) is 59.3 Å². The molecule has 2 aromatic heterocycles. The average Bonchev–Trinajstić information content (AvgIpc) is 3.67. The Morgan fingerprint density at radius 1 is 0.644 bits per heavy atom. The van der Waals surface area contributed by atoms with E-state index >= 15 is 0 Å². The van der Waals surface area contributed by atoms with Crippen LogP contribution in [-0.4, -0.2) is 80.6 Å². The van der Waals surface area contributed by atoms with E-state index in [1.807, 2.05) is 0 Å². The highest BCUT2D eigenvalue weighted by molar-refractivity contribution is 7.91. The normalized spacial score (nSPS) is 11.1. The molecule has 0 aliphatic heterocycles. The number of carbonyl (C=O) groups is 2. The first-order valence-corrected chi connectivity index (χ1v) is 16.9. The van der Waals surface area contributed by atoms with Crippen molar-refractivity contribution in [2.24, 2.45) is 0 Å². The van der Waals surface area contributed by atoms with Crippen LogP contribution in [0.1, 0.15) is 21.1 Å². The summed E-state index contributed by atoms with van der Waals surface area (Å²) in [5.74, 6) is 1.27. The SMILES string of the molecule is COc1ccc(CC(=O)Nc2nnc(CCS(=O)(=O)CCc3nnc(NC(=O)Cc4ccc(OC)c(OC)c4)s3)s2)cc1OC. The molecule has 0 atom stereocenters. The molecule has 0 aliphatic carbocycles. The molecule has 2 heterocycles. The molecule has 2 amide bonds. The van der Waals surface area contributed by atoms with Gasteiger partial charge in [-0.15, -0.1) is 20.4 Å². The van der Waals surface area contributed by atoms with Gasteiger partial charge in [0.15, 0.2) is 32.8 Å². The van der Waals surface area contributed by atoms with Crippen molar-refractivity contribution in [2.45, 2.75) is 25.7 Å². The number of amides is 2. The van der Waals surface area contributed by atoms with E-state index in [2.05, 4.69) is 31.0 Å². The molecule has 4 rings (SSSR count). The van der Waals surface area contributed by atoms with Crippen LogP contribution in [0.2, 0.25) is 0 Å². The van der Waals surface area contributed by atoms with E-state index in [4.69, 9.17) is 18.9 Å². The highest BCUT2D eigenvalue weighted by atomic mass is 32.2. The van der Waals surface area contributed by atoms with Crippen molar-refractivity contribution < 1.29 is 37.0 Å². The summed E-state index contributed by atoms with van der Waals surface area (Å²) in [4.78, 5) is 25.0. The van der Waals surface area contributed by atoms with Crippen molar-refractivity contribution in [3.63, 3.8) is 0 Å². The average molecular weight is 677 g/mol. The lowest BCUT2D eigenvalue weighted by atomic mass is 10.1. The summed E-state index contributed by atoms with van der Waals surface area (Å²) >= 11 is 2.23. The molecule has 0 fully saturated rings. The minimum atomic E-state index is -3.45. The minimum absolute atomic E-state index is 0.0819. The zero-order valence-corrected chi connectivity index (χ0v) is 27.4. The van der Waals surface area contributed by atoms with Crippen LogP contribution in [0.15, 0.2) is 36.4 Å². The molecule has 45 heavy (non-hydrogen) atoms. The molecule has 0 radical (unpaired) electrons. The van der Waals surface area contributed by atoms with Crippen molar-refractivity contribution in [3.8, 4) is 23.0 Å². The molecule has 0 aliphatic rings. The summed E-state index contributed by atoms with van der Waals surface area (Å²) in [6.45, 7) is 0. The van der Waals surface area contributed by atoms with Crippen LogP contribution < -0.4 is 29.6 Å². The Morgan fingerprint density at radius 2 is 1.04 bits per heavy atom. The summed E-state index contributed by atoms with van der Waals surface area (Å²) in [7, 11) is 2.65. The molecule has 0 saturated heterocycles. The molecule has 0 bridgehead atoms. The Hall–Kier alpha value is -4.35. The summed E-state index contributed by atoms with van der Waals surface area (Å²) in [6, 6.07) is 10.4. The Bertz CT molecular complexity index is 1620. The highest BCUT2D eigenvalue weighted by Gasteiger charge is 2.17. The maximum Gasteiger partial charge on any atom is 0.230 e. The molecule has 4 aromatic rings. The summed E-state index contributed by atoms with van der Waals surface area (Å²) < 4.78 is 46.3. The fourth-order valence-corrected chi connectivity index (χ4v) is 7.06. The smallest absolute Gasteiger partial charge is 0.230 e. The van der Waals surface area contributed by atoms with E-state index in [1.54, 1.807) is 36.4 Å². The Labute approximate surface area is 268 Å². The van der Waals surface area contributed by atoms with Gasteiger partial charge in [-0.1, -0.05) is 34.8 Å². The van der Waals surface area contributed by atoms with Crippen LogP contribution in [0.4, 0.5) is 10.3 Å². The predicted molar refractivity (Wildman–Crippen MR) is 170 cm³/mol. The Kier molecular flexibility index (Phi) is 11.6. The molecule has 0 saturated carbocycles. The van der Waals surface area contributed by atoms with E-state index in [0.29, 0.717) is 33.0 Å². The largest absolute Gasteiger partial charge is 0.493 e. The second-order valence-corrected chi connectivity index (χ2v) is 13.9. The molecular formula is C28H32N6O8S3. The first-order chi connectivity index (χ1) is 21.6. The number of sulfone groups is 1. The zero-order chi connectivity index (χ0) is 32.4. The van der Waals surface area contributed by atoms with Crippen LogP contribution in [-0.2, 0) is 45.1 Å². The summed E-state index contributed by atoms with van der Waals surface area (Å²) in [5.41, 5.74) is 1.45. The van der Waals surface area contributed by atoms with E-state index in [1.165, 1.54) is 28.4 Å². The number of aromatic nitrogens is 4. The topological polar surface area (TPSA) is 181 Å². The van der Waals surface area contributed by atoms with Gasteiger partial charge in [0.1, 0.15) is 10.0 Å². The number of carbonyl (C=O) groups excluding carboxylic acids is 2. The molecule has 14 nitrogen and oxygen atoms in total. The number of nitrogens with zero attached hydrogens (tertiary/aromatic N) is 4. The second-order valence-electron chi connectivity index (χ2n) is 9.48. The summed E-state index contributed by atoms with van der Waals surface area (Å²) in [5, 5.41) is 22.8. The van der Waals surface area contributed by atoms with Crippen LogP contribution in [0, 0.1) is 0 Å². The Balaban J connectivity index is 1.21. The van der Waals surface area contributed by atoms with Gasteiger partial charge in [0, 0.05) is 12.8 Å². The van der Waals surface area contributed by atoms with Gasteiger partial charge in [0.2, 0.25) is 22.1 Å². The predicted octanol–water partition coefficient (Wildman–Crippen LogP) is 2.99. The fraction of sp³-hybridized carbons (Fsp3) is 0.357. The number of nitrogens with one attached hydrogen (secondary N) is 2. The first-order valence-electron chi connectivity index (χ1n) is 13.5. The van der Waals surface area contributed by atoms with Gasteiger partial charge >= 0.3 is 0 Å². The molecule has 0 unspecified atom stereocenters. The molecule has 2 N–H and O–H groups in total. The fourth-order valence-electron chi connectivity index (χ4n) is 4.08. The third-order valence-electron chi connectivity index (χ3n) is 6.31. The molecule has 2 aromatic carbocycles. The number of benzene rings is 2. The van der Waals surface area contributed by atoms with Gasteiger partial charge < -0.3 is 29.6 Å². The third kappa shape index (κ3) is 9.82. The van der Waals surface area contributed by atoms with Gasteiger partial charge in [0.25, 0.3) is 0 Å². The third-order valence-corrected chi connectivity index (χ3v) is 9.75. The summed E-state index contributed by atoms with van der Waals surface area (Å²) in [6.07, 6.45) is 0.468. The van der Waals surface area contributed by atoms with Crippen LogP contribution >= 0.6 is 22.7 Å². The zero-order valence-electron chi connectivity index (χ0n) is 25.0. The van der Waals surface area contributed by atoms with E-state index < -0.39 is 9.84 Å². The van der Waals surface area contributed by atoms with Crippen molar-refractivity contribution in [1.29, 1.82) is 0 Å². The first kappa shape index (κ1) is 33.5. The van der Waals surface area contributed by atoms with Gasteiger partial charge in [-0.05, 0) is 35.4 Å². The number of hydrogen-bond donors (Lipinski definition) is 2. The van der Waals surface area contributed by atoms with Crippen molar-refractivity contribution >= 4 is 54.6 Å². The number of aryl methyl sites for hydroxylation is 2. The quantitative estimate of drug-likeness (QED) is 0.177. The van der Waals surface area contributed by atoms with Crippen molar-refractivity contribution in [1.82, 2.24) is 20.4 Å². The number of rotatable bonds is 16.